The summed E-state index contributed by atoms with van der Waals surface area (Å²) in [6, 6.07) is 22.3. The number of nitrogens with one attached hydrogen (secondary N) is 1. The van der Waals surface area contributed by atoms with Crippen LogP contribution in [0.15, 0.2) is 66.7 Å². The molecule has 0 spiro atoms. The van der Waals surface area contributed by atoms with Gasteiger partial charge >= 0.3 is 0 Å². The zero-order valence-electron chi connectivity index (χ0n) is 16.6. The number of nitrogens with zero attached hydrogens (tertiary/aromatic N) is 4. The molecule has 1 aliphatic rings. The number of aromatic nitrogens is 2. The lowest BCUT2D eigenvalue weighted by molar-refractivity contribution is -0.129. The third-order valence-electron chi connectivity index (χ3n) is 5.11. The Morgan fingerprint density at radius 2 is 1.59 bits per heavy atom. The van der Waals surface area contributed by atoms with Crippen LogP contribution in [-0.4, -0.2) is 47.0 Å². The van der Waals surface area contributed by atoms with Crippen LogP contribution in [0.4, 0.5) is 11.6 Å². The van der Waals surface area contributed by atoms with Gasteiger partial charge in [-0.3, -0.25) is 4.79 Å². The van der Waals surface area contributed by atoms with Gasteiger partial charge in [-0.2, -0.15) is 0 Å². The fraction of sp³-hybridized carbons (Fsp3) is 0.261. The molecule has 1 amide bonds. The van der Waals surface area contributed by atoms with Gasteiger partial charge in [0.15, 0.2) is 5.82 Å². The second-order valence-electron chi connectivity index (χ2n) is 7.13. The van der Waals surface area contributed by atoms with Crippen molar-refractivity contribution in [2.75, 3.05) is 36.4 Å². The molecule has 0 saturated carbocycles. The van der Waals surface area contributed by atoms with Crippen LogP contribution in [0.25, 0.3) is 11.4 Å². The molecule has 1 fully saturated rings. The van der Waals surface area contributed by atoms with E-state index in [2.05, 4.69) is 22.3 Å². The number of carbonyl (C=O) groups is 1. The molecule has 6 nitrogen and oxygen atoms in total. The number of hydrogen-bond acceptors (Lipinski definition) is 5. The van der Waals surface area contributed by atoms with Crippen molar-refractivity contribution in [2.24, 2.45) is 0 Å². The molecule has 1 aliphatic heterocycles. The Morgan fingerprint density at radius 1 is 0.931 bits per heavy atom. The van der Waals surface area contributed by atoms with Crippen LogP contribution in [0.1, 0.15) is 12.5 Å². The Hall–Kier alpha value is -3.41. The zero-order valence-corrected chi connectivity index (χ0v) is 16.6. The lowest BCUT2D eigenvalue weighted by Crippen LogP contribution is -2.48. The van der Waals surface area contributed by atoms with Gasteiger partial charge < -0.3 is 15.1 Å². The molecule has 4 rings (SSSR count). The molecule has 0 radical (unpaired) electrons. The van der Waals surface area contributed by atoms with Crippen LogP contribution in [0.2, 0.25) is 0 Å². The minimum absolute atomic E-state index is 0.127. The number of anilines is 2. The van der Waals surface area contributed by atoms with Gasteiger partial charge in [0.1, 0.15) is 11.6 Å². The first kappa shape index (κ1) is 18.9. The molecule has 0 bridgehead atoms. The lowest BCUT2D eigenvalue weighted by Gasteiger charge is -2.35. The van der Waals surface area contributed by atoms with E-state index >= 15 is 0 Å². The molecular formula is C23H25N5O. The van der Waals surface area contributed by atoms with Gasteiger partial charge in [-0.1, -0.05) is 60.7 Å². The normalized spacial score (nSPS) is 14.0. The molecule has 0 unspecified atom stereocenters. The Balaban J connectivity index is 1.59. The van der Waals surface area contributed by atoms with E-state index in [-0.39, 0.29) is 5.91 Å². The van der Waals surface area contributed by atoms with E-state index in [1.807, 2.05) is 59.5 Å². The number of amides is 1. The number of piperazine rings is 1. The second kappa shape index (κ2) is 8.73. The van der Waals surface area contributed by atoms with E-state index < -0.39 is 0 Å². The van der Waals surface area contributed by atoms with Gasteiger partial charge in [-0.15, -0.1) is 0 Å². The average molecular weight is 387 g/mol. The number of rotatable bonds is 5. The molecule has 3 aromatic rings. The SMILES string of the molecule is CC(=O)N1CCN(c2cc(NCc3ccccc3)nc(-c3ccccc3)n2)CC1. The van der Waals surface area contributed by atoms with Gasteiger partial charge in [-0.05, 0) is 5.56 Å². The number of hydrogen-bond donors (Lipinski definition) is 1. The summed E-state index contributed by atoms with van der Waals surface area (Å²) < 4.78 is 0. The van der Waals surface area contributed by atoms with E-state index in [4.69, 9.17) is 9.97 Å². The minimum Gasteiger partial charge on any atom is -0.366 e. The summed E-state index contributed by atoms with van der Waals surface area (Å²) >= 11 is 0. The summed E-state index contributed by atoms with van der Waals surface area (Å²) in [6.07, 6.45) is 0. The summed E-state index contributed by atoms with van der Waals surface area (Å²) in [5, 5.41) is 3.44. The third kappa shape index (κ3) is 4.71. The maximum atomic E-state index is 11.6. The monoisotopic (exact) mass is 387 g/mol. The quantitative estimate of drug-likeness (QED) is 0.727. The number of benzene rings is 2. The topological polar surface area (TPSA) is 61.4 Å². The van der Waals surface area contributed by atoms with Crippen molar-refractivity contribution in [3.05, 3.63) is 72.3 Å². The van der Waals surface area contributed by atoms with E-state index in [1.54, 1.807) is 6.92 Å². The van der Waals surface area contributed by atoms with Crippen molar-refractivity contribution in [3.8, 4) is 11.4 Å². The molecule has 2 aromatic carbocycles. The van der Waals surface area contributed by atoms with Crippen LogP contribution >= 0.6 is 0 Å². The van der Waals surface area contributed by atoms with Gasteiger partial charge in [0.05, 0.1) is 0 Å². The third-order valence-corrected chi connectivity index (χ3v) is 5.11. The van der Waals surface area contributed by atoms with Crippen LogP contribution in [0, 0.1) is 0 Å². The van der Waals surface area contributed by atoms with E-state index in [0.717, 1.165) is 30.3 Å². The van der Waals surface area contributed by atoms with Crippen molar-refractivity contribution in [1.29, 1.82) is 0 Å². The Kier molecular flexibility index (Phi) is 5.70. The predicted molar refractivity (Wildman–Crippen MR) is 116 cm³/mol. The van der Waals surface area contributed by atoms with Crippen molar-refractivity contribution < 1.29 is 4.79 Å². The molecule has 1 aromatic heterocycles. The maximum Gasteiger partial charge on any atom is 0.219 e. The van der Waals surface area contributed by atoms with Crippen molar-refractivity contribution in [3.63, 3.8) is 0 Å². The van der Waals surface area contributed by atoms with Crippen molar-refractivity contribution in [1.82, 2.24) is 14.9 Å². The molecule has 0 aliphatic carbocycles. The van der Waals surface area contributed by atoms with E-state index in [0.29, 0.717) is 25.5 Å². The highest BCUT2D eigenvalue weighted by atomic mass is 16.2. The highest BCUT2D eigenvalue weighted by Gasteiger charge is 2.21. The summed E-state index contributed by atoms with van der Waals surface area (Å²) in [6.45, 7) is 5.29. The first-order valence-corrected chi connectivity index (χ1v) is 9.92. The van der Waals surface area contributed by atoms with Crippen LogP contribution in [0.5, 0.6) is 0 Å². The summed E-state index contributed by atoms with van der Waals surface area (Å²) in [5.74, 6) is 2.51. The smallest absolute Gasteiger partial charge is 0.219 e. The average Bonchev–Trinajstić information content (AvgIpc) is 2.79. The minimum atomic E-state index is 0.127. The molecule has 29 heavy (non-hydrogen) atoms. The first-order chi connectivity index (χ1) is 14.2. The molecule has 1 N–H and O–H groups in total. The standard InChI is InChI=1S/C23H25N5O/c1-18(29)27-12-14-28(15-13-27)22-16-21(24-17-19-8-4-2-5-9-19)25-23(26-22)20-10-6-3-7-11-20/h2-11,16H,12-15,17H2,1H3,(H,24,25,26). The lowest BCUT2D eigenvalue weighted by atomic mass is 10.2. The number of carbonyl (C=O) groups excluding carboxylic acids is 1. The molecule has 2 heterocycles. The van der Waals surface area contributed by atoms with Gasteiger partial charge in [0.25, 0.3) is 0 Å². The van der Waals surface area contributed by atoms with Crippen LogP contribution in [0.3, 0.4) is 0 Å². The predicted octanol–water partition coefficient (Wildman–Crippen LogP) is 3.42. The largest absolute Gasteiger partial charge is 0.366 e. The van der Waals surface area contributed by atoms with Crippen molar-refractivity contribution >= 4 is 17.5 Å². The van der Waals surface area contributed by atoms with E-state index in [9.17, 15) is 4.79 Å². The summed E-state index contributed by atoms with van der Waals surface area (Å²) in [5.41, 5.74) is 2.18. The molecule has 1 saturated heterocycles. The summed E-state index contributed by atoms with van der Waals surface area (Å²) in [7, 11) is 0. The highest BCUT2D eigenvalue weighted by Crippen LogP contribution is 2.24. The van der Waals surface area contributed by atoms with E-state index in [1.165, 1.54) is 5.56 Å². The Labute approximate surface area is 171 Å². The van der Waals surface area contributed by atoms with Crippen LogP contribution in [-0.2, 0) is 11.3 Å². The van der Waals surface area contributed by atoms with Gasteiger partial charge in [-0.25, -0.2) is 9.97 Å². The van der Waals surface area contributed by atoms with Crippen molar-refractivity contribution in [2.45, 2.75) is 13.5 Å². The summed E-state index contributed by atoms with van der Waals surface area (Å²) in [4.78, 5) is 25.3. The van der Waals surface area contributed by atoms with Gasteiger partial charge in [0.2, 0.25) is 5.91 Å². The van der Waals surface area contributed by atoms with Crippen LogP contribution < -0.4 is 10.2 Å². The molecule has 148 valence electrons. The molecule has 6 heteroatoms. The Morgan fingerprint density at radius 3 is 2.24 bits per heavy atom. The second-order valence-corrected chi connectivity index (χ2v) is 7.13. The maximum absolute atomic E-state index is 11.6. The van der Waals surface area contributed by atoms with Gasteiger partial charge in [0, 0.05) is 51.3 Å². The fourth-order valence-electron chi connectivity index (χ4n) is 3.44. The zero-order chi connectivity index (χ0) is 20.1. The Bertz CT molecular complexity index is 954. The first-order valence-electron chi connectivity index (χ1n) is 9.92. The highest BCUT2D eigenvalue weighted by molar-refractivity contribution is 5.73. The fourth-order valence-corrected chi connectivity index (χ4v) is 3.44. The molecule has 0 atom stereocenters. The molecular weight excluding hydrogens is 362 g/mol.